The highest BCUT2D eigenvalue weighted by Gasteiger charge is 2.15. The van der Waals surface area contributed by atoms with Crippen LogP contribution in [0.1, 0.15) is 5.56 Å². The minimum atomic E-state index is -0.657. The van der Waals surface area contributed by atoms with Gasteiger partial charge >= 0.3 is 0 Å². The molecule has 140 valence electrons. The summed E-state index contributed by atoms with van der Waals surface area (Å²) in [6.07, 6.45) is 3.56. The van der Waals surface area contributed by atoms with E-state index < -0.39 is 6.04 Å². The molecule has 0 aliphatic heterocycles. The number of likely N-dealkylation sites (N-methyl/N-ethyl adjacent to an activating group) is 1. The monoisotopic (exact) mass is 358 g/mol. The molecule has 0 radical (unpaired) electrons. The zero-order chi connectivity index (χ0) is 18.9. The Morgan fingerprint density at radius 3 is 2.69 bits per heavy atom. The largest absolute Gasteiger partial charge is 0.353 e. The van der Waals surface area contributed by atoms with Crippen LogP contribution in [-0.2, 0) is 22.6 Å². The fourth-order valence-corrected chi connectivity index (χ4v) is 2.33. The third kappa shape index (κ3) is 6.66. The van der Waals surface area contributed by atoms with Gasteiger partial charge in [0.05, 0.1) is 17.9 Å². The van der Waals surface area contributed by atoms with Crippen LogP contribution < -0.4 is 16.4 Å². The normalized spacial score (nSPS) is 12.0. The van der Waals surface area contributed by atoms with Gasteiger partial charge in [0, 0.05) is 19.3 Å². The Balaban J connectivity index is 1.79. The average molecular weight is 358 g/mol. The second-order valence-corrected chi connectivity index (χ2v) is 6.37. The number of nitrogens with zero attached hydrogens (tertiary/aromatic N) is 3. The summed E-state index contributed by atoms with van der Waals surface area (Å²) in [6, 6.07) is 8.94. The molecule has 0 aliphatic carbocycles. The van der Waals surface area contributed by atoms with Crippen LogP contribution in [0.4, 0.5) is 5.69 Å². The van der Waals surface area contributed by atoms with Crippen molar-refractivity contribution >= 4 is 17.5 Å². The molecule has 1 heterocycles. The first-order chi connectivity index (χ1) is 12.4. The summed E-state index contributed by atoms with van der Waals surface area (Å²) in [4.78, 5) is 26.0. The third-order valence-electron chi connectivity index (χ3n) is 3.72. The maximum Gasteiger partial charge on any atom is 0.241 e. The minimum absolute atomic E-state index is 0.0966. The maximum atomic E-state index is 12.2. The lowest BCUT2D eigenvalue weighted by Gasteiger charge is -2.11. The molecule has 0 bridgehead atoms. The number of nitrogens with two attached hydrogens (primary N) is 1. The highest BCUT2D eigenvalue weighted by molar-refractivity contribution is 5.94. The fourth-order valence-electron chi connectivity index (χ4n) is 2.33. The average Bonchev–Trinajstić information content (AvgIpc) is 3.02. The number of carbonyl (C=O) groups excluding carboxylic acids is 2. The van der Waals surface area contributed by atoms with Crippen molar-refractivity contribution in [2.75, 3.05) is 32.5 Å². The molecule has 8 heteroatoms. The Hall–Kier alpha value is -2.71. The van der Waals surface area contributed by atoms with Gasteiger partial charge in [-0.25, -0.2) is 0 Å². The summed E-state index contributed by atoms with van der Waals surface area (Å²) < 4.78 is 1.48. The molecule has 4 N–H and O–H groups in total. The molecule has 1 aromatic carbocycles. The Morgan fingerprint density at radius 2 is 2.00 bits per heavy atom. The molecule has 1 unspecified atom stereocenters. The zero-order valence-corrected chi connectivity index (χ0v) is 15.2. The molecule has 0 spiro atoms. The zero-order valence-electron chi connectivity index (χ0n) is 15.2. The van der Waals surface area contributed by atoms with Gasteiger partial charge in [0.1, 0.15) is 6.54 Å². The lowest BCUT2D eigenvalue weighted by molar-refractivity contribution is -0.121. The van der Waals surface area contributed by atoms with E-state index in [4.69, 9.17) is 5.73 Å². The Bertz CT molecular complexity index is 713. The summed E-state index contributed by atoms with van der Waals surface area (Å²) in [7, 11) is 3.88. The lowest BCUT2D eigenvalue weighted by Crippen LogP contribution is -2.37. The third-order valence-corrected chi connectivity index (χ3v) is 3.72. The highest BCUT2D eigenvalue weighted by atomic mass is 16.2. The van der Waals surface area contributed by atoms with Crippen LogP contribution in [0.2, 0.25) is 0 Å². The topological polar surface area (TPSA) is 105 Å². The van der Waals surface area contributed by atoms with Gasteiger partial charge in [-0.1, -0.05) is 30.3 Å². The summed E-state index contributed by atoms with van der Waals surface area (Å²) in [5, 5.41) is 9.62. The molecule has 0 fully saturated rings. The van der Waals surface area contributed by atoms with Gasteiger partial charge in [0.25, 0.3) is 0 Å². The molecular formula is C18H26N6O2. The van der Waals surface area contributed by atoms with Crippen molar-refractivity contribution in [3.05, 3.63) is 48.3 Å². The molecular weight excluding hydrogens is 332 g/mol. The van der Waals surface area contributed by atoms with E-state index in [2.05, 4.69) is 15.7 Å². The Labute approximate surface area is 153 Å². The Kier molecular flexibility index (Phi) is 7.31. The number of rotatable bonds is 9. The first-order valence-corrected chi connectivity index (χ1v) is 8.48. The van der Waals surface area contributed by atoms with Gasteiger partial charge in [0.15, 0.2) is 0 Å². The van der Waals surface area contributed by atoms with Crippen molar-refractivity contribution in [2.45, 2.75) is 19.0 Å². The molecule has 0 aliphatic rings. The van der Waals surface area contributed by atoms with Crippen LogP contribution in [-0.4, -0.2) is 59.7 Å². The number of benzene rings is 1. The molecule has 1 aromatic heterocycles. The number of hydrogen-bond donors (Lipinski definition) is 3. The predicted molar refractivity (Wildman–Crippen MR) is 101 cm³/mol. The molecule has 2 amide bonds. The van der Waals surface area contributed by atoms with Gasteiger partial charge in [-0.15, -0.1) is 0 Å². The smallest absolute Gasteiger partial charge is 0.241 e. The minimum Gasteiger partial charge on any atom is -0.353 e. The molecule has 8 nitrogen and oxygen atoms in total. The summed E-state index contributed by atoms with van der Waals surface area (Å²) in [5.74, 6) is -0.419. The summed E-state index contributed by atoms with van der Waals surface area (Å²) in [6.45, 7) is 1.44. The fraction of sp³-hybridized carbons (Fsp3) is 0.389. The van der Waals surface area contributed by atoms with Gasteiger partial charge < -0.3 is 21.3 Å². The van der Waals surface area contributed by atoms with Crippen LogP contribution in [0.3, 0.4) is 0 Å². The van der Waals surface area contributed by atoms with E-state index >= 15 is 0 Å². The summed E-state index contributed by atoms with van der Waals surface area (Å²) in [5.41, 5.74) is 7.47. The van der Waals surface area contributed by atoms with E-state index in [-0.39, 0.29) is 18.4 Å². The van der Waals surface area contributed by atoms with E-state index in [0.717, 1.165) is 12.1 Å². The standard InChI is InChI=1S/C18H26N6O2/c1-23(2)9-8-20-17(25)13-24-12-15(11-21-24)22-18(26)16(19)10-14-6-4-3-5-7-14/h3-7,11-12,16H,8-10,13,19H2,1-2H3,(H,20,25)(H,22,26). The van der Waals surface area contributed by atoms with E-state index in [0.29, 0.717) is 18.7 Å². The molecule has 0 saturated heterocycles. The predicted octanol–water partition coefficient (Wildman–Crippen LogP) is 0.0694. The first kappa shape index (κ1) is 19.6. The van der Waals surface area contributed by atoms with Crippen molar-refractivity contribution in [3.63, 3.8) is 0 Å². The number of aromatic nitrogens is 2. The lowest BCUT2D eigenvalue weighted by atomic mass is 10.1. The van der Waals surface area contributed by atoms with Gasteiger partial charge in [-0.05, 0) is 26.1 Å². The highest BCUT2D eigenvalue weighted by Crippen LogP contribution is 2.07. The number of hydrogen-bond acceptors (Lipinski definition) is 5. The van der Waals surface area contributed by atoms with Crippen molar-refractivity contribution in [2.24, 2.45) is 5.73 Å². The SMILES string of the molecule is CN(C)CCNC(=O)Cn1cc(NC(=O)C(N)Cc2ccccc2)cn1. The van der Waals surface area contributed by atoms with Crippen molar-refractivity contribution in [1.29, 1.82) is 0 Å². The van der Waals surface area contributed by atoms with E-state index in [1.807, 2.05) is 49.3 Å². The molecule has 26 heavy (non-hydrogen) atoms. The molecule has 1 atom stereocenters. The van der Waals surface area contributed by atoms with Gasteiger partial charge in [0.2, 0.25) is 11.8 Å². The van der Waals surface area contributed by atoms with Crippen LogP contribution in [0.15, 0.2) is 42.7 Å². The van der Waals surface area contributed by atoms with Crippen molar-refractivity contribution in [1.82, 2.24) is 20.0 Å². The first-order valence-electron chi connectivity index (χ1n) is 8.48. The van der Waals surface area contributed by atoms with Crippen molar-refractivity contribution in [3.8, 4) is 0 Å². The van der Waals surface area contributed by atoms with Gasteiger partial charge in [-0.3, -0.25) is 14.3 Å². The van der Waals surface area contributed by atoms with Crippen molar-refractivity contribution < 1.29 is 9.59 Å². The maximum absolute atomic E-state index is 12.2. The number of nitrogens with one attached hydrogen (secondary N) is 2. The molecule has 2 rings (SSSR count). The van der Waals surface area contributed by atoms with Crippen LogP contribution >= 0.6 is 0 Å². The van der Waals surface area contributed by atoms with E-state index in [1.54, 1.807) is 6.20 Å². The Morgan fingerprint density at radius 1 is 1.27 bits per heavy atom. The number of anilines is 1. The second-order valence-electron chi connectivity index (χ2n) is 6.37. The number of carbonyl (C=O) groups is 2. The van der Waals surface area contributed by atoms with Crippen LogP contribution in [0.5, 0.6) is 0 Å². The quantitative estimate of drug-likeness (QED) is 0.588. The second kappa shape index (κ2) is 9.69. The summed E-state index contributed by atoms with van der Waals surface area (Å²) >= 11 is 0. The van der Waals surface area contributed by atoms with E-state index in [9.17, 15) is 9.59 Å². The molecule has 0 saturated carbocycles. The van der Waals surface area contributed by atoms with Crippen LogP contribution in [0, 0.1) is 0 Å². The molecule has 2 aromatic rings. The van der Waals surface area contributed by atoms with Crippen LogP contribution in [0.25, 0.3) is 0 Å². The van der Waals surface area contributed by atoms with E-state index in [1.165, 1.54) is 10.9 Å². The number of amides is 2. The van der Waals surface area contributed by atoms with Gasteiger partial charge in [-0.2, -0.15) is 5.10 Å².